The SMILES string of the molecule is Cc1c(-c2cc(C(=O)NC(C)c3ccc(-n4cccc4)cc3)c3ccccc3n2)cnn1C. The summed E-state index contributed by atoms with van der Waals surface area (Å²) < 4.78 is 3.86. The molecule has 3 aromatic heterocycles. The summed E-state index contributed by atoms with van der Waals surface area (Å²) in [7, 11) is 1.90. The summed E-state index contributed by atoms with van der Waals surface area (Å²) in [6.07, 6.45) is 5.82. The van der Waals surface area contributed by atoms with Crippen molar-refractivity contribution in [3.63, 3.8) is 0 Å². The van der Waals surface area contributed by atoms with Crippen molar-refractivity contribution >= 4 is 16.8 Å². The number of benzene rings is 2. The molecule has 6 nitrogen and oxygen atoms in total. The highest BCUT2D eigenvalue weighted by atomic mass is 16.1. The molecule has 5 aromatic rings. The van der Waals surface area contributed by atoms with E-state index in [-0.39, 0.29) is 11.9 Å². The first-order valence-corrected chi connectivity index (χ1v) is 10.9. The van der Waals surface area contributed by atoms with Gasteiger partial charge >= 0.3 is 0 Å². The van der Waals surface area contributed by atoms with Crippen LogP contribution in [-0.4, -0.2) is 25.2 Å². The lowest BCUT2D eigenvalue weighted by atomic mass is 10.0. The summed E-state index contributed by atoms with van der Waals surface area (Å²) in [5.74, 6) is -0.127. The zero-order chi connectivity index (χ0) is 22.9. The van der Waals surface area contributed by atoms with Gasteiger partial charge in [-0.3, -0.25) is 9.48 Å². The molecule has 0 aliphatic rings. The van der Waals surface area contributed by atoms with Crippen LogP contribution in [0.25, 0.3) is 27.8 Å². The summed E-state index contributed by atoms with van der Waals surface area (Å²) >= 11 is 0. The second-order valence-electron chi connectivity index (χ2n) is 8.22. The van der Waals surface area contributed by atoms with Gasteiger partial charge < -0.3 is 9.88 Å². The lowest BCUT2D eigenvalue weighted by molar-refractivity contribution is 0.0941. The van der Waals surface area contributed by atoms with Crippen LogP contribution in [0.3, 0.4) is 0 Å². The molecule has 0 aliphatic heterocycles. The number of carbonyl (C=O) groups excluding carboxylic acids is 1. The van der Waals surface area contributed by atoms with E-state index in [4.69, 9.17) is 4.98 Å². The van der Waals surface area contributed by atoms with Crippen LogP contribution in [0.2, 0.25) is 0 Å². The molecule has 2 aromatic carbocycles. The van der Waals surface area contributed by atoms with Crippen LogP contribution in [0.5, 0.6) is 0 Å². The quantitative estimate of drug-likeness (QED) is 0.411. The average molecular weight is 436 g/mol. The number of pyridine rings is 1. The first kappa shape index (κ1) is 20.7. The van der Waals surface area contributed by atoms with Crippen LogP contribution in [0, 0.1) is 6.92 Å². The molecule has 1 unspecified atom stereocenters. The Labute approximate surface area is 192 Å². The molecule has 0 fully saturated rings. The fourth-order valence-electron chi connectivity index (χ4n) is 4.05. The molecule has 164 valence electrons. The highest BCUT2D eigenvalue weighted by Crippen LogP contribution is 2.27. The van der Waals surface area contributed by atoms with Gasteiger partial charge in [-0.2, -0.15) is 5.10 Å². The predicted molar refractivity (Wildman–Crippen MR) is 130 cm³/mol. The summed E-state index contributed by atoms with van der Waals surface area (Å²) in [5.41, 5.74) is 6.18. The first-order valence-electron chi connectivity index (χ1n) is 10.9. The van der Waals surface area contributed by atoms with Crippen molar-refractivity contribution in [3.8, 4) is 16.9 Å². The maximum Gasteiger partial charge on any atom is 0.252 e. The van der Waals surface area contributed by atoms with Crippen molar-refractivity contribution in [2.24, 2.45) is 7.05 Å². The van der Waals surface area contributed by atoms with Gasteiger partial charge in [0.1, 0.15) is 0 Å². The molecule has 0 radical (unpaired) electrons. The number of hydrogen-bond acceptors (Lipinski definition) is 3. The lowest BCUT2D eigenvalue weighted by Crippen LogP contribution is -2.27. The molecule has 1 amide bonds. The molecule has 0 saturated carbocycles. The number of carbonyl (C=O) groups is 1. The molecule has 0 spiro atoms. The Morgan fingerprint density at radius 1 is 1.00 bits per heavy atom. The van der Waals surface area contributed by atoms with E-state index in [1.165, 1.54) is 0 Å². The van der Waals surface area contributed by atoms with Crippen LogP contribution in [0.15, 0.2) is 85.3 Å². The van der Waals surface area contributed by atoms with E-state index in [9.17, 15) is 4.79 Å². The highest BCUT2D eigenvalue weighted by molar-refractivity contribution is 6.07. The Morgan fingerprint density at radius 2 is 1.73 bits per heavy atom. The Hall–Kier alpha value is -4.19. The van der Waals surface area contributed by atoms with Gasteiger partial charge in [0.15, 0.2) is 0 Å². The molecular formula is C27H25N5O. The van der Waals surface area contributed by atoms with E-state index < -0.39 is 0 Å². The molecule has 5 rings (SSSR count). The number of aromatic nitrogens is 4. The van der Waals surface area contributed by atoms with Gasteiger partial charge in [-0.15, -0.1) is 0 Å². The van der Waals surface area contributed by atoms with Crippen molar-refractivity contribution in [3.05, 3.63) is 102 Å². The minimum Gasteiger partial charge on any atom is -0.345 e. The highest BCUT2D eigenvalue weighted by Gasteiger charge is 2.18. The van der Waals surface area contributed by atoms with E-state index in [0.717, 1.165) is 39.1 Å². The number of amides is 1. The second-order valence-corrected chi connectivity index (χ2v) is 8.22. The summed E-state index contributed by atoms with van der Waals surface area (Å²) in [4.78, 5) is 18.2. The van der Waals surface area contributed by atoms with Crippen LogP contribution in [0.1, 0.15) is 34.6 Å². The van der Waals surface area contributed by atoms with Gasteiger partial charge in [0, 0.05) is 41.8 Å². The lowest BCUT2D eigenvalue weighted by Gasteiger charge is -2.16. The first-order chi connectivity index (χ1) is 16.0. The average Bonchev–Trinajstić information content (AvgIpc) is 3.49. The summed E-state index contributed by atoms with van der Waals surface area (Å²) in [6, 6.07) is 21.7. The minimum absolute atomic E-state index is 0.127. The molecule has 0 aliphatic carbocycles. The maximum absolute atomic E-state index is 13.4. The number of nitrogens with one attached hydrogen (secondary N) is 1. The topological polar surface area (TPSA) is 64.7 Å². The molecule has 1 atom stereocenters. The van der Waals surface area contributed by atoms with E-state index in [1.807, 2.05) is 80.4 Å². The van der Waals surface area contributed by atoms with E-state index >= 15 is 0 Å². The Bertz CT molecular complexity index is 1430. The van der Waals surface area contributed by atoms with Gasteiger partial charge in [0.05, 0.1) is 29.0 Å². The number of para-hydroxylation sites is 1. The number of aryl methyl sites for hydroxylation is 1. The fourth-order valence-corrected chi connectivity index (χ4v) is 4.05. The van der Waals surface area contributed by atoms with Crippen molar-refractivity contribution in [1.29, 1.82) is 0 Å². The van der Waals surface area contributed by atoms with Crippen LogP contribution in [-0.2, 0) is 7.05 Å². The zero-order valence-electron chi connectivity index (χ0n) is 18.9. The van der Waals surface area contributed by atoms with E-state index in [2.05, 4.69) is 39.2 Å². The van der Waals surface area contributed by atoms with Gasteiger partial charge in [-0.05, 0) is 55.8 Å². The molecule has 0 bridgehead atoms. The third-order valence-electron chi connectivity index (χ3n) is 6.12. The van der Waals surface area contributed by atoms with Gasteiger partial charge in [-0.25, -0.2) is 4.98 Å². The zero-order valence-corrected chi connectivity index (χ0v) is 18.9. The Kier molecular flexibility index (Phi) is 5.26. The van der Waals surface area contributed by atoms with Gasteiger partial charge in [0.2, 0.25) is 0 Å². The Balaban J connectivity index is 1.46. The Morgan fingerprint density at radius 3 is 2.42 bits per heavy atom. The van der Waals surface area contributed by atoms with Gasteiger partial charge in [-0.1, -0.05) is 30.3 Å². The number of rotatable bonds is 5. The number of fused-ring (bicyclic) bond motifs is 1. The normalized spacial score (nSPS) is 12.1. The maximum atomic E-state index is 13.4. The van der Waals surface area contributed by atoms with E-state index in [0.29, 0.717) is 5.56 Å². The van der Waals surface area contributed by atoms with Crippen molar-refractivity contribution in [2.75, 3.05) is 0 Å². The third-order valence-corrected chi connectivity index (χ3v) is 6.12. The van der Waals surface area contributed by atoms with Crippen molar-refractivity contribution < 1.29 is 4.79 Å². The minimum atomic E-state index is -0.147. The third kappa shape index (κ3) is 3.91. The van der Waals surface area contributed by atoms with Crippen molar-refractivity contribution in [1.82, 2.24) is 24.6 Å². The predicted octanol–water partition coefficient (Wildman–Crippen LogP) is 5.23. The molecule has 3 heterocycles. The molecule has 0 saturated heterocycles. The van der Waals surface area contributed by atoms with Crippen molar-refractivity contribution in [2.45, 2.75) is 19.9 Å². The molecule has 33 heavy (non-hydrogen) atoms. The fraction of sp³-hybridized carbons (Fsp3) is 0.148. The van der Waals surface area contributed by atoms with Gasteiger partial charge in [0.25, 0.3) is 5.91 Å². The monoisotopic (exact) mass is 435 g/mol. The number of nitrogens with zero attached hydrogens (tertiary/aromatic N) is 4. The van der Waals surface area contributed by atoms with Crippen LogP contribution < -0.4 is 5.32 Å². The molecule has 6 heteroatoms. The largest absolute Gasteiger partial charge is 0.345 e. The smallest absolute Gasteiger partial charge is 0.252 e. The number of hydrogen-bond donors (Lipinski definition) is 1. The van der Waals surface area contributed by atoms with E-state index in [1.54, 1.807) is 6.20 Å². The summed E-state index contributed by atoms with van der Waals surface area (Å²) in [5, 5.41) is 8.33. The second kappa shape index (κ2) is 8.39. The summed E-state index contributed by atoms with van der Waals surface area (Å²) in [6.45, 7) is 4.00. The molecular weight excluding hydrogens is 410 g/mol. The van der Waals surface area contributed by atoms with Crippen LogP contribution >= 0.6 is 0 Å². The standard InChI is InChI=1S/C27H25N5O/c1-18(20-10-12-21(13-11-20)32-14-6-7-15-32)29-27(33)23-16-26(24-17-28-31(3)19(24)2)30-25-9-5-4-8-22(23)25/h4-18H,1-3H3,(H,29,33). The molecule has 1 N–H and O–H groups in total. The van der Waals surface area contributed by atoms with Crippen LogP contribution in [0.4, 0.5) is 0 Å².